The molecule has 0 aromatic carbocycles. The highest BCUT2D eigenvalue weighted by atomic mass is 16.5. The van der Waals surface area contributed by atoms with Gasteiger partial charge in [-0.2, -0.15) is 0 Å². The molecular formula is C10H18O2. The normalized spacial score (nSPS) is 48.5. The van der Waals surface area contributed by atoms with Crippen LogP contribution in [0.15, 0.2) is 0 Å². The standard InChI is InChI=1S/C10H18O2/c1-8-7-12-9-5-3-2-4-6-10(8,9)11/h8-9,11H,2-7H2,1H3/t8-,9-,10+/m0/s1. The molecule has 0 bridgehead atoms. The van der Waals surface area contributed by atoms with Crippen LogP contribution in [-0.4, -0.2) is 23.4 Å². The average Bonchev–Trinajstić information content (AvgIpc) is 2.24. The summed E-state index contributed by atoms with van der Waals surface area (Å²) < 4.78 is 5.60. The summed E-state index contributed by atoms with van der Waals surface area (Å²) in [5, 5.41) is 10.3. The molecule has 0 aromatic heterocycles. The summed E-state index contributed by atoms with van der Waals surface area (Å²) in [6, 6.07) is 0. The van der Waals surface area contributed by atoms with Crippen molar-refractivity contribution in [2.45, 2.75) is 50.7 Å². The van der Waals surface area contributed by atoms with Gasteiger partial charge >= 0.3 is 0 Å². The summed E-state index contributed by atoms with van der Waals surface area (Å²) in [6.45, 7) is 2.85. The van der Waals surface area contributed by atoms with Crippen molar-refractivity contribution in [3.63, 3.8) is 0 Å². The van der Waals surface area contributed by atoms with Gasteiger partial charge in [0.2, 0.25) is 0 Å². The first-order valence-electron chi connectivity index (χ1n) is 5.07. The fraction of sp³-hybridized carbons (Fsp3) is 1.00. The lowest BCUT2D eigenvalue weighted by Gasteiger charge is -2.29. The minimum atomic E-state index is -0.490. The minimum absolute atomic E-state index is 0.134. The molecule has 0 aromatic rings. The lowest BCUT2D eigenvalue weighted by molar-refractivity contribution is -0.0541. The molecular weight excluding hydrogens is 152 g/mol. The van der Waals surface area contributed by atoms with E-state index in [0.29, 0.717) is 5.92 Å². The van der Waals surface area contributed by atoms with Crippen molar-refractivity contribution >= 4 is 0 Å². The first-order valence-corrected chi connectivity index (χ1v) is 5.07. The van der Waals surface area contributed by atoms with E-state index in [4.69, 9.17) is 4.74 Å². The van der Waals surface area contributed by atoms with Gasteiger partial charge in [-0.25, -0.2) is 0 Å². The number of hydrogen-bond donors (Lipinski definition) is 1. The Balaban J connectivity index is 2.15. The van der Waals surface area contributed by atoms with E-state index in [-0.39, 0.29) is 6.10 Å². The van der Waals surface area contributed by atoms with E-state index in [2.05, 4.69) is 6.92 Å². The van der Waals surface area contributed by atoms with E-state index in [1.165, 1.54) is 19.3 Å². The van der Waals surface area contributed by atoms with Gasteiger partial charge in [-0.15, -0.1) is 0 Å². The highest BCUT2D eigenvalue weighted by Crippen LogP contribution is 2.40. The summed E-state index contributed by atoms with van der Waals surface area (Å²) >= 11 is 0. The van der Waals surface area contributed by atoms with Crippen molar-refractivity contribution in [1.82, 2.24) is 0 Å². The number of hydrogen-bond acceptors (Lipinski definition) is 2. The molecule has 2 aliphatic rings. The Morgan fingerprint density at radius 1 is 1.33 bits per heavy atom. The summed E-state index contributed by atoms with van der Waals surface area (Å²) in [5.74, 6) is 0.334. The van der Waals surface area contributed by atoms with Crippen molar-refractivity contribution in [2.75, 3.05) is 6.61 Å². The Hall–Kier alpha value is -0.0800. The Kier molecular flexibility index (Phi) is 2.13. The van der Waals surface area contributed by atoms with Crippen molar-refractivity contribution in [1.29, 1.82) is 0 Å². The summed E-state index contributed by atoms with van der Waals surface area (Å²) in [6.07, 6.45) is 5.78. The maximum atomic E-state index is 10.3. The number of rotatable bonds is 0. The zero-order chi connectivity index (χ0) is 8.60. The Morgan fingerprint density at radius 3 is 3.00 bits per heavy atom. The summed E-state index contributed by atoms with van der Waals surface area (Å²) in [4.78, 5) is 0. The second-order valence-electron chi connectivity index (χ2n) is 4.31. The molecule has 70 valence electrons. The van der Waals surface area contributed by atoms with Crippen molar-refractivity contribution in [2.24, 2.45) is 5.92 Å². The smallest absolute Gasteiger partial charge is 0.0955 e. The zero-order valence-corrected chi connectivity index (χ0v) is 7.75. The van der Waals surface area contributed by atoms with Crippen LogP contribution in [0.3, 0.4) is 0 Å². The van der Waals surface area contributed by atoms with Crippen LogP contribution in [0.5, 0.6) is 0 Å². The van der Waals surface area contributed by atoms with Gasteiger partial charge in [-0.1, -0.05) is 26.2 Å². The molecule has 1 saturated carbocycles. The molecule has 2 nitrogen and oxygen atoms in total. The van der Waals surface area contributed by atoms with Crippen molar-refractivity contribution in [3.8, 4) is 0 Å². The van der Waals surface area contributed by atoms with Crippen LogP contribution >= 0.6 is 0 Å². The lowest BCUT2D eigenvalue weighted by atomic mass is 9.83. The van der Waals surface area contributed by atoms with E-state index < -0.39 is 5.60 Å². The van der Waals surface area contributed by atoms with E-state index in [1.54, 1.807) is 0 Å². The van der Waals surface area contributed by atoms with Crippen LogP contribution in [0, 0.1) is 5.92 Å². The third-order valence-corrected chi connectivity index (χ3v) is 3.50. The molecule has 0 spiro atoms. The van der Waals surface area contributed by atoms with E-state index in [0.717, 1.165) is 19.4 Å². The highest BCUT2D eigenvalue weighted by molar-refractivity contribution is 4.97. The second kappa shape index (κ2) is 3.00. The maximum absolute atomic E-state index is 10.3. The van der Waals surface area contributed by atoms with Gasteiger partial charge in [0, 0.05) is 5.92 Å². The molecule has 1 aliphatic heterocycles. The van der Waals surface area contributed by atoms with Crippen LogP contribution in [-0.2, 0) is 4.74 Å². The molecule has 1 heterocycles. The molecule has 3 atom stereocenters. The predicted molar refractivity (Wildman–Crippen MR) is 46.9 cm³/mol. The fourth-order valence-corrected chi connectivity index (χ4v) is 2.52. The summed E-state index contributed by atoms with van der Waals surface area (Å²) in [7, 11) is 0. The summed E-state index contributed by atoms with van der Waals surface area (Å²) in [5.41, 5.74) is -0.490. The second-order valence-corrected chi connectivity index (χ2v) is 4.31. The molecule has 2 fully saturated rings. The van der Waals surface area contributed by atoms with Gasteiger partial charge < -0.3 is 9.84 Å². The molecule has 1 saturated heterocycles. The quantitative estimate of drug-likeness (QED) is 0.599. The Labute approximate surface area is 73.9 Å². The maximum Gasteiger partial charge on any atom is 0.0955 e. The lowest BCUT2D eigenvalue weighted by Crippen LogP contribution is -2.41. The predicted octanol–water partition coefficient (Wildman–Crippen LogP) is 1.72. The number of aliphatic hydroxyl groups is 1. The van der Waals surface area contributed by atoms with Crippen LogP contribution in [0.4, 0.5) is 0 Å². The topological polar surface area (TPSA) is 29.5 Å². The number of ether oxygens (including phenoxy) is 1. The average molecular weight is 170 g/mol. The van der Waals surface area contributed by atoms with E-state index in [9.17, 15) is 5.11 Å². The van der Waals surface area contributed by atoms with Crippen LogP contribution < -0.4 is 0 Å². The third kappa shape index (κ3) is 1.17. The molecule has 2 rings (SSSR count). The van der Waals surface area contributed by atoms with Gasteiger partial charge in [-0.05, 0) is 12.8 Å². The van der Waals surface area contributed by atoms with Gasteiger partial charge in [0.05, 0.1) is 18.3 Å². The van der Waals surface area contributed by atoms with Crippen LogP contribution in [0.1, 0.15) is 39.0 Å². The molecule has 0 unspecified atom stereocenters. The first-order chi connectivity index (χ1) is 5.73. The molecule has 1 aliphatic carbocycles. The van der Waals surface area contributed by atoms with Gasteiger partial charge in [-0.3, -0.25) is 0 Å². The largest absolute Gasteiger partial charge is 0.387 e. The SMILES string of the molecule is C[C@H]1CO[C@H]2CCCCC[C@]21O. The Morgan fingerprint density at radius 2 is 2.17 bits per heavy atom. The highest BCUT2D eigenvalue weighted by Gasteiger charge is 2.47. The van der Waals surface area contributed by atoms with Gasteiger partial charge in [0.15, 0.2) is 0 Å². The minimum Gasteiger partial charge on any atom is -0.387 e. The Bertz CT molecular complexity index is 169. The number of fused-ring (bicyclic) bond motifs is 1. The van der Waals surface area contributed by atoms with E-state index >= 15 is 0 Å². The van der Waals surface area contributed by atoms with Crippen LogP contribution in [0.25, 0.3) is 0 Å². The molecule has 0 amide bonds. The monoisotopic (exact) mass is 170 g/mol. The third-order valence-electron chi connectivity index (χ3n) is 3.50. The van der Waals surface area contributed by atoms with Gasteiger partial charge in [0.25, 0.3) is 0 Å². The van der Waals surface area contributed by atoms with Crippen LogP contribution in [0.2, 0.25) is 0 Å². The van der Waals surface area contributed by atoms with Gasteiger partial charge in [0.1, 0.15) is 0 Å². The molecule has 2 heteroatoms. The molecule has 1 N–H and O–H groups in total. The zero-order valence-electron chi connectivity index (χ0n) is 7.75. The molecule has 12 heavy (non-hydrogen) atoms. The van der Waals surface area contributed by atoms with Crippen molar-refractivity contribution in [3.05, 3.63) is 0 Å². The van der Waals surface area contributed by atoms with E-state index in [1.807, 2.05) is 0 Å². The fourth-order valence-electron chi connectivity index (χ4n) is 2.52. The first kappa shape index (κ1) is 8.52. The van der Waals surface area contributed by atoms with Crippen molar-refractivity contribution < 1.29 is 9.84 Å². The molecule has 0 radical (unpaired) electrons.